The number of hydrogen-bond acceptors (Lipinski definition) is 2. The van der Waals surface area contributed by atoms with Crippen LogP contribution >= 0.6 is 0 Å². The molecule has 0 heterocycles. The van der Waals surface area contributed by atoms with E-state index in [-0.39, 0.29) is 5.56 Å². The van der Waals surface area contributed by atoms with E-state index in [9.17, 15) is 53.1 Å². The number of nitrogens with one attached hydrogen (secondary N) is 1. The number of nitrogens with zero attached hydrogens (tertiary/aromatic N) is 1. The fourth-order valence-corrected chi connectivity index (χ4v) is 2.40. The van der Waals surface area contributed by atoms with Gasteiger partial charge in [0.1, 0.15) is 0 Å². The first-order valence-corrected chi connectivity index (χ1v) is 7.37. The molecule has 1 aromatic rings. The van der Waals surface area contributed by atoms with E-state index in [2.05, 4.69) is 5.10 Å². The molecule has 1 N–H and O–H groups in total. The Hall–Kier alpha value is -2.41. The number of carbonyl (C=O) groups is 1. The van der Waals surface area contributed by atoms with Gasteiger partial charge in [-0.05, 0) is 12.5 Å². The molecule has 0 unspecified atom stereocenters. The van der Waals surface area contributed by atoms with Crippen LogP contribution < -0.4 is 5.43 Å². The zero-order chi connectivity index (χ0) is 22.7. The van der Waals surface area contributed by atoms with Crippen molar-refractivity contribution in [2.75, 3.05) is 0 Å². The van der Waals surface area contributed by atoms with Gasteiger partial charge in [-0.2, -0.15) is 49.0 Å². The minimum atomic E-state index is -7.38. The van der Waals surface area contributed by atoms with E-state index in [1.165, 1.54) is 24.3 Å². The van der Waals surface area contributed by atoms with Crippen LogP contribution in [0.3, 0.4) is 0 Å². The molecule has 0 aliphatic heterocycles. The third-order valence-electron chi connectivity index (χ3n) is 4.21. The fraction of sp³-hybridized carbons (Fsp3) is 0.467. The van der Waals surface area contributed by atoms with Gasteiger partial charge in [0, 0.05) is 0 Å². The van der Waals surface area contributed by atoms with Crippen LogP contribution in [0.25, 0.3) is 0 Å². The van der Waals surface area contributed by atoms with E-state index in [0.717, 1.165) is 0 Å². The molecule has 14 heteroatoms. The average molecular weight is 442 g/mol. The standard InChI is InChI=1S/C15H9F11N2O/c1-7-2-4-8(5-3-7)6-27-28-9(29)10(16)11(17,18)13(21,22)15(25,26)14(23,24)12(10,19)20/h2-6H,1H3,(H,28,29)/b27-6-. The van der Waals surface area contributed by atoms with Gasteiger partial charge in [0.25, 0.3) is 5.91 Å². The molecular weight excluding hydrogens is 433 g/mol. The molecule has 0 aromatic heterocycles. The number of hydrazone groups is 1. The van der Waals surface area contributed by atoms with E-state index < -0.39 is 41.2 Å². The Kier molecular flexibility index (Phi) is 4.96. The molecule has 0 bridgehead atoms. The summed E-state index contributed by atoms with van der Waals surface area (Å²) >= 11 is 0. The van der Waals surface area contributed by atoms with Crippen LogP contribution in [-0.2, 0) is 4.79 Å². The Morgan fingerprint density at radius 1 is 0.759 bits per heavy atom. The second kappa shape index (κ2) is 6.29. The van der Waals surface area contributed by atoms with E-state index in [1.54, 1.807) is 6.92 Å². The lowest BCUT2D eigenvalue weighted by molar-refractivity contribution is -0.476. The van der Waals surface area contributed by atoms with Gasteiger partial charge in [-0.15, -0.1) is 0 Å². The SMILES string of the molecule is Cc1ccc(/C=N\NC(=O)C2(F)C(F)(F)C(F)(F)C(F)(F)C(F)(F)C2(F)F)cc1. The lowest BCUT2D eigenvalue weighted by Gasteiger charge is -2.51. The van der Waals surface area contributed by atoms with E-state index in [4.69, 9.17) is 0 Å². The predicted molar refractivity (Wildman–Crippen MR) is 75.5 cm³/mol. The molecule has 1 amide bonds. The van der Waals surface area contributed by atoms with E-state index >= 15 is 0 Å². The third-order valence-corrected chi connectivity index (χ3v) is 4.21. The maximum atomic E-state index is 14.4. The average Bonchev–Trinajstić information content (AvgIpc) is 2.60. The maximum absolute atomic E-state index is 14.4. The molecule has 1 aliphatic carbocycles. The first-order chi connectivity index (χ1) is 12.9. The van der Waals surface area contributed by atoms with Gasteiger partial charge in [0.2, 0.25) is 0 Å². The molecule has 0 radical (unpaired) electrons. The molecule has 0 spiro atoms. The van der Waals surface area contributed by atoms with Crippen molar-refractivity contribution in [1.82, 2.24) is 5.43 Å². The fourth-order valence-electron chi connectivity index (χ4n) is 2.40. The zero-order valence-corrected chi connectivity index (χ0v) is 13.9. The first-order valence-electron chi connectivity index (χ1n) is 7.37. The van der Waals surface area contributed by atoms with E-state index in [0.29, 0.717) is 17.2 Å². The van der Waals surface area contributed by atoms with Crippen molar-refractivity contribution < 1.29 is 53.1 Å². The van der Waals surface area contributed by atoms with Crippen LogP contribution in [0.5, 0.6) is 0 Å². The quantitative estimate of drug-likeness (QED) is 0.423. The third kappa shape index (κ3) is 2.63. The smallest absolute Gasteiger partial charge is 0.269 e. The summed E-state index contributed by atoms with van der Waals surface area (Å²) in [6.45, 7) is 1.64. The largest absolute Gasteiger partial charge is 0.384 e. The molecule has 29 heavy (non-hydrogen) atoms. The number of amides is 1. The number of halogens is 11. The lowest BCUT2D eigenvalue weighted by atomic mass is 9.72. The number of carbonyl (C=O) groups excluding carboxylic acids is 1. The summed E-state index contributed by atoms with van der Waals surface area (Å²) in [5.41, 5.74) is -5.34. The van der Waals surface area contributed by atoms with Crippen molar-refractivity contribution in [2.45, 2.75) is 42.2 Å². The highest BCUT2D eigenvalue weighted by Crippen LogP contribution is 2.69. The van der Waals surface area contributed by atoms with Gasteiger partial charge in [-0.1, -0.05) is 29.8 Å². The Labute approximate surface area is 154 Å². The highest BCUT2D eigenvalue weighted by atomic mass is 19.4. The topological polar surface area (TPSA) is 41.5 Å². The Morgan fingerprint density at radius 2 is 1.14 bits per heavy atom. The summed E-state index contributed by atoms with van der Waals surface area (Å²) in [7, 11) is 0. The molecule has 2 rings (SSSR count). The van der Waals surface area contributed by atoms with Crippen molar-refractivity contribution >= 4 is 12.1 Å². The molecule has 0 saturated heterocycles. The highest BCUT2D eigenvalue weighted by molar-refractivity contribution is 5.90. The van der Waals surface area contributed by atoms with Gasteiger partial charge >= 0.3 is 35.3 Å². The second-order valence-corrected chi connectivity index (χ2v) is 6.14. The predicted octanol–water partition coefficient (Wildman–Crippen LogP) is 4.34. The van der Waals surface area contributed by atoms with Crippen molar-refractivity contribution in [3.8, 4) is 0 Å². The number of benzene rings is 1. The summed E-state index contributed by atoms with van der Waals surface area (Å²) in [4.78, 5) is 11.5. The van der Waals surface area contributed by atoms with Crippen LogP contribution in [0.2, 0.25) is 0 Å². The second-order valence-electron chi connectivity index (χ2n) is 6.14. The van der Waals surface area contributed by atoms with Crippen LogP contribution in [-0.4, -0.2) is 47.4 Å². The summed E-state index contributed by atoms with van der Waals surface area (Å²) < 4.78 is 148. The van der Waals surface area contributed by atoms with Crippen LogP contribution in [0.4, 0.5) is 48.3 Å². The minimum Gasteiger partial charge on any atom is -0.269 e. The van der Waals surface area contributed by atoms with Crippen molar-refractivity contribution in [1.29, 1.82) is 0 Å². The summed E-state index contributed by atoms with van der Waals surface area (Å²) in [6.07, 6.45) is 0.546. The van der Waals surface area contributed by atoms with Gasteiger partial charge in [-0.25, -0.2) is 9.82 Å². The van der Waals surface area contributed by atoms with Crippen LogP contribution in [0.1, 0.15) is 11.1 Å². The minimum absolute atomic E-state index is 0.0631. The summed E-state index contributed by atoms with van der Waals surface area (Å²) in [5, 5.41) is 2.75. The van der Waals surface area contributed by atoms with Gasteiger partial charge in [0.15, 0.2) is 0 Å². The molecule has 1 saturated carbocycles. The first kappa shape index (κ1) is 22.9. The lowest BCUT2D eigenvalue weighted by Crippen LogP contribution is -2.86. The molecule has 0 atom stereocenters. The van der Waals surface area contributed by atoms with Gasteiger partial charge < -0.3 is 0 Å². The molecular formula is C15H9F11N2O. The molecule has 162 valence electrons. The van der Waals surface area contributed by atoms with Crippen LogP contribution in [0, 0.1) is 6.92 Å². The van der Waals surface area contributed by atoms with Crippen LogP contribution in [0.15, 0.2) is 29.4 Å². The van der Waals surface area contributed by atoms with Crippen molar-refractivity contribution in [3.05, 3.63) is 35.4 Å². The highest BCUT2D eigenvalue weighted by Gasteiger charge is 3.02. The Balaban J connectivity index is 2.49. The number of rotatable bonds is 3. The normalized spacial score (nSPS) is 25.5. The molecule has 1 fully saturated rings. The molecule has 1 aromatic carbocycles. The van der Waals surface area contributed by atoms with Crippen molar-refractivity contribution in [3.63, 3.8) is 0 Å². The van der Waals surface area contributed by atoms with Gasteiger partial charge in [0.05, 0.1) is 6.21 Å². The van der Waals surface area contributed by atoms with Crippen molar-refractivity contribution in [2.24, 2.45) is 5.10 Å². The maximum Gasteiger partial charge on any atom is 0.384 e. The van der Waals surface area contributed by atoms with E-state index in [1.807, 2.05) is 0 Å². The molecule has 1 aliphatic rings. The Bertz CT molecular complexity index is 803. The monoisotopic (exact) mass is 442 g/mol. The zero-order valence-electron chi connectivity index (χ0n) is 13.9. The van der Waals surface area contributed by atoms with Gasteiger partial charge in [-0.3, -0.25) is 4.79 Å². The number of aryl methyl sites for hydroxylation is 1. The summed E-state index contributed by atoms with van der Waals surface area (Å²) in [5.74, 6) is -40.0. The number of alkyl halides is 11. The summed E-state index contributed by atoms with van der Waals surface area (Å²) in [6, 6.07) is 5.46. The molecule has 3 nitrogen and oxygen atoms in total. The number of hydrogen-bond donors (Lipinski definition) is 1. The Morgan fingerprint density at radius 3 is 1.55 bits per heavy atom.